The minimum atomic E-state index is -1.23. The van der Waals surface area contributed by atoms with Gasteiger partial charge in [-0.05, 0) is 60.9 Å². The Morgan fingerprint density at radius 3 is 2.57 bits per heavy atom. The molecule has 9 nitrogen and oxygen atoms in total. The van der Waals surface area contributed by atoms with Gasteiger partial charge in [0.25, 0.3) is 5.95 Å². The first-order valence-corrected chi connectivity index (χ1v) is 12.1. The van der Waals surface area contributed by atoms with E-state index in [0.29, 0.717) is 0 Å². The van der Waals surface area contributed by atoms with Crippen molar-refractivity contribution in [2.24, 2.45) is 5.41 Å². The maximum atomic E-state index is 14.5. The third kappa shape index (κ3) is 3.27. The predicted octanol–water partition coefficient (Wildman–Crippen LogP) is 3.41. The smallest absolute Gasteiger partial charge is 0.252 e. The van der Waals surface area contributed by atoms with Crippen LogP contribution in [0.25, 0.3) is 17.2 Å². The van der Waals surface area contributed by atoms with E-state index in [9.17, 15) is 19.0 Å². The average Bonchev–Trinajstić information content (AvgIpc) is 3.52. The number of aliphatic hydroxyl groups excluding tert-OH is 2. The van der Waals surface area contributed by atoms with Crippen molar-refractivity contribution >= 4 is 0 Å². The van der Waals surface area contributed by atoms with Crippen LogP contribution in [0.2, 0.25) is 0 Å². The van der Waals surface area contributed by atoms with Crippen molar-refractivity contribution in [1.82, 2.24) is 34.9 Å². The molecule has 2 aliphatic carbocycles. The minimum Gasteiger partial charge on any atom is -0.390 e. The first-order valence-electron chi connectivity index (χ1n) is 12.1. The zero-order valence-electron chi connectivity index (χ0n) is 20.5. The van der Waals surface area contributed by atoms with Gasteiger partial charge in [-0.3, -0.25) is 0 Å². The van der Waals surface area contributed by atoms with Gasteiger partial charge in [0.15, 0.2) is 5.82 Å². The van der Waals surface area contributed by atoms with Crippen LogP contribution in [0.5, 0.6) is 0 Å². The highest BCUT2D eigenvalue weighted by Gasteiger charge is 2.65. The summed E-state index contributed by atoms with van der Waals surface area (Å²) in [6.07, 6.45) is 2.39. The van der Waals surface area contributed by atoms with Gasteiger partial charge in [-0.25, -0.2) is 23.7 Å². The molecule has 0 radical (unpaired) electrons. The van der Waals surface area contributed by atoms with Gasteiger partial charge in [-0.15, -0.1) is 10.2 Å². The molecule has 4 aromatic rings. The van der Waals surface area contributed by atoms with E-state index in [1.165, 1.54) is 36.1 Å². The monoisotopic (exact) mass is 505 g/mol. The van der Waals surface area contributed by atoms with E-state index in [2.05, 4.69) is 39.1 Å². The van der Waals surface area contributed by atoms with Gasteiger partial charge >= 0.3 is 0 Å². The Hall–Kier alpha value is -3.70. The molecule has 4 atom stereocenters. The molecule has 3 heterocycles. The molecular weight excluding hydrogens is 480 g/mol. The van der Waals surface area contributed by atoms with E-state index in [4.69, 9.17) is 4.98 Å². The lowest BCUT2D eigenvalue weighted by atomic mass is 9.66. The highest BCUT2D eigenvalue weighted by molar-refractivity contribution is 5.64. The van der Waals surface area contributed by atoms with Crippen molar-refractivity contribution < 1.29 is 19.0 Å². The quantitative estimate of drug-likeness (QED) is 0.423. The summed E-state index contributed by atoms with van der Waals surface area (Å²) in [6.45, 7) is 5.76. The third-order valence-corrected chi connectivity index (χ3v) is 8.12. The van der Waals surface area contributed by atoms with Crippen LogP contribution in [0.4, 0.5) is 8.78 Å². The van der Waals surface area contributed by atoms with E-state index >= 15 is 0 Å². The van der Waals surface area contributed by atoms with Gasteiger partial charge in [-0.1, -0.05) is 19.9 Å². The van der Waals surface area contributed by atoms with Crippen molar-refractivity contribution in [2.75, 3.05) is 0 Å². The fourth-order valence-corrected chi connectivity index (χ4v) is 6.18. The van der Waals surface area contributed by atoms with Crippen molar-refractivity contribution in [2.45, 2.75) is 57.2 Å². The van der Waals surface area contributed by atoms with Gasteiger partial charge in [-0.2, -0.15) is 9.78 Å². The zero-order valence-corrected chi connectivity index (χ0v) is 20.5. The first-order chi connectivity index (χ1) is 17.6. The predicted molar refractivity (Wildman–Crippen MR) is 128 cm³/mol. The van der Waals surface area contributed by atoms with Crippen LogP contribution in [-0.4, -0.2) is 51.2 Å². The zero-order chi connectivity index (χ0) is 26.1. The lowest BCUT2D eigenvalue weighted by Gasteiger charge is -2.37. The Balaban J connectivity index is 1.46. The molecule has 2 N–H and O–H groups in total. The molecule has 1 saturated carbocycles. The topological polar surface area (TPSA) is 123 Å². The fourth-order valence-electron chi connectivity index (χ4n) is 6.18. The summed E-state index contributed by atoms with van der Waals surface area (Å²) in [5.41, 5.74) is 1.50. The van der Waals surface area contributed by atoms with Gasteiger partial charge in [0.05, 0.1) is 34.2 Å². The lowest BCUT2D eigenvalue weighted by Crippen LogP contribution is -2.38. The largest absolute Gasteiger partial charge is 0.390 e. The maximum absolute atomic E-state index is 14.5. The molecule has 0 spiro atoms. The summed E-state index contributed by atoms with van der Waals surface area (Å²) in [7, 11) is 0. The van der Waals surface area contributed by atoms with Crippen molar-refractivity contribution in [1.29, 1.82) is 0 Å². The fraction of sp³-hybridized carbons (Fsp3) is 0.385. The second-order valence-corrected chi connectivity index (χ2v) is 10.3. The number of halogens is 2. The highest BCUT2D eigenvalue weighted by atomic mass is 19.1. The van der Waals surface area contributed by atoms with Gasteiger partial charge in [0.1, 0.15) is 24.1 Å². The summed E-state index contributed by atoms with van der Waals surface area (Å²) in [6, 6.07) is 7.36. The van der Waals surface area contributed by atoms with Crippen LogP contribution in [0.15, 0.2) is 42.9 Å². The molecule has 0 saturated heterocycles. The first kappa shape index (κ1) is 23.7. The summed E-state index contributed by atoms with van der Waals surface area (Å²) in [4.78, 5) is 13.3. The number of hydrogen-bond acceptors (Lipinski definition) is 8. The van der Waals surface area contributed by atoms with E-state index < -0.39 is 29.3 Å². The maximum Gasteiger partial charge on any atom is 0.252 e. The minimum absolute atomic E-state index is 0.0633. The van der Waals surface area contributed by atoms with Crippen molar-refractivity contribution in [3.8, 4) is 17.2 Å². The molecule has 11 heteroatoms. The molecular formula is C26H25F2N7O2. The number of aliphatic hydroxyl groups is 2. The van der Waals surface area contributed by atoms with Gasteiger partial charge < -0.3 is 10.2 Å². The average molecular weight is 506 g/mol. The molecule has 1 aromatic carbocycles. The van der Waals surface area contributed by atoms with Crippen LogP contribution in [0, 0.1) is 17.0 Å². The van der Waals surface area contributed by atoms with E-state index in [-0.39, 0.29) is 34.4 Å². The second-order valence-electron chi connectivity index (χ2n) is 10.3. The molecule has 3 aromatic heterocycles. The van der Waals surface area contributed by atoms with Crippen molar-refractivity contribution in [3.63, 3.8) is 0 Å². The molecule has 2 aliphatic rings. The molecule has 37 heavy (non-hydrogen) atoms. The van der Waals surface area contributed by atoms with E-state index in [1.54, 1.807) is 12.3 Å². The normalized spacial score (nSPS) is 23.2. The number of fused-ring (bicyclic) bond motifs is 5. The van der Waals surface area contributed by atoms with Crippen LogP contribution in [-0.2, 0) is 5.41 Å². The SMILES string of the molecule is C[C@H](O)[C@H](O)c1ncn(-c2nccc([C@]34CC[C@@H](c5cc(-c6c(F)cccc6F)nnc53)C4(C)C)n2)n1. The highest BCUT2D eigenvalue weighted by Crippen LogP contribution is 2.69. The summed E-state index contributed by atoms with van der Waals surface area (Å²) >= 11 is 0. The van der Waals surface area contributed by atoms with Gasteiger partial charge in [0.2, 0.25) is 0 Å². The third-order valence-electron chi connectivity index (χ3n) is 8.12. The Morgan fingerprint density at radius 2 is 1.84 bits per heavy atom. The lowest BCUT2D eigenvalue weighted by molar-refractivity contribution is 0.0249. The van der Waals surface area contributed by atoms with Crippen LogP contribution < -0.4 is 0 Å². The number of aromatic nitrogens is 7. The van der Waals surface area contributed by atoms with Gasteiger partial charge in [0, 0.05) is 6.20 Å². The number of benzene rings is 1. The molecule has 0 aliphatic heterocycles. The number of rotatable bonds is 5. The molecule has 0 unspecified atom stereocenters. The Bertz CT molecular complexity index is 1500. The number of nitrogens with zero attached hydrogens (tertiary/aromatic N) is 7. The number of hydrogen-bond donors (Lipinski definition) is 2. The van der Waals surface area contributed by atoms with Crippen molar-refractivity contribution in [3.05, 3.63) is 77.3 Å². The molecule has 2 bridgehead atoms. The Kier molecular flexibility index (Phi) is 5.22. The Labute approximate surface area is 211 Å². The molecule has 1 fully saturated rings. The van der Waals surface area contributed by atoms with E-state index in [0.717, 1.165) is 29.8 Å². The van der Waals surface area contributed by atoms with Crippen LogP contribution >= 0.6 is 0 Å². The summed E-state index contributed by atoms with van der Waals surface area (Å²) in [5.74, 6) is -0.939. The van der Waals surface area contributed by atoms with E-state index in [1.807, 2.05) is 6.07 Å². The molecule has 6 rings (SSSR count). The second kappa shape index (κ2) is 8.15. The summed E-state index contributed by atoms with van der Waals surface area (Å²) in [5, 5.41) is 32.8. The van der Waals surface area contributed by atoms with Crippen LogP contribution in [0.1, 0.15) is 68.4 Å². The standard InChI is InChI=1S/C26H25F2N7O2/c1-13(36)21(37)23-30-12-35(34-23)24-29-10-8-19(31-24)26-9-7-15(25(26,2)3)14-11-18(32-33-22(14)26)20-16(27)5-4-6-17(20)28/h4-6,8,10-13,15,21,36-37H,7,9H2,1-3H3/t13-,15-,21-,26+/m0/s1. The Morgan fingerprint density at radius 1 is 1.08 bits per heavy atom. The van der Waals surface area contributed by atoms with Crippen LogP contribution in [0.3, 0.4) is 0 Å². The molecule has 190 valence electrons. The molecule has 0 amide bonds. The summed E-state index contributed by atoms with van der Waals surface area (Å²) < 4.78 is 30.4.